The minimum absolute atomic E-state index is 0.344. The Morgan fingerprint density at radius 2 is 1.55 bits per heavy atom. The lowest BCUT2D eigenvalue weighted by Crippen LogP contribution is -2.14. The highest BCUT2D eigenvalue weighted by atomic mass is 32.1. The van der Waals surface area contributed by atoms with Crippen LogP contribution in [0.2, 0.25) is 0 Å². The van der Waals surface area contributed by atoms with Crippen LogP contribution in [0.5, 0.6) is 0 Å². The second-order valence-electron chi connectivity index (χ2n) is 6.79. The van der Waals surface area contributed by atoms with E-state index in [9.17, 15) is 0 Å². The number of tetrazole rings is 1. The van der Waals surface area contributed by atoms with Crippen molar-refractivity contribution < 1.29 is 0 Å². The predicted molar refractivity (Wildman–Crippen MR) is 115 cm³/mol. The zero-order chi connectivity index (χ0) is 19.8. The molecule has 2 aromatic carbocycles. The highest BCUT2D eigenvalue weighted by Gasteiger charge is 2.37. The van der Waals surface area contributed by atoms with Gasteiger partial charge in [0.1, 0.15) is 4.64 Å². The molecule has 5 rings (SSSR count). The van der Waals surface area contributed by atoms with Gasteiger partial charge in [0.2, 0.25) is 4.77 Å². The topological polar surface area (TPSA) is 104 Å². The monoisotopic (exact) mass is 423 g/mol. The molecule has 0 bridgehead atoms. The minimum Gasteiger partial charge on any atom is -0.380 e. The van der Waals surface area contributed by atoms with Gasteiger partial charge < -0.3 is 10.6 Å². The lowest BCUT2D eigenvalue weighted by Gasteiger charge is -2.11. The number of nitrogens with one attached hydrogen (secondary N) is 4. The van der Waals surface area contributed by atoms with Crippen LogP contribution in [-0.2, 0) is 0 Å². The molecule has 146 valence electrons. The summed E-state index contributed by atoms with van der Waals surface area (Å²) >= 11 is 10.4. The molecular formula is C18H17N9S2. The molecule has 1 aliphatic rings. The summed E-state index contributed by atoms with van der Waals surface area (Å²) in [5.74, 6) is 0. The van der Waals surface area contributed by atoms with Gasteiger partial charge >= 0.3 is 0 Å². The van der Waals surface area contributed by atoms with Crippen LogP contribution in [-0.4, -0.2) is 47.3 Å². The molecule has 0 amide bonds. The number of hydrogen-bond acceptors (Lipinski definition) is 7. The molecule has 11 heteroatoms. The van der Waals surface area contributed by atoms with Crippen molar-refractivity contribution in [3.05, 3.63) is 64.1 Å². The molecule has 9 nitrogen and oxygen atoms in total. The quantitative estimate of drug-likeness (QED) is 0.353. The Labute approximate surface area is 175 Å². The molecule has 4 aromatic rings. The molecule has 1 fully saturated rings. The van der Waals surface area contributed by atoms with E-state index in [0.717, 1.165) is 29.2 Å². The van der Waals surface area contributed by atoms with E-state index in [-0.39, 0.29) is 0 Å². The molecule has 2 aromatic heterocycles. The Balaban J connectivity index is 1.26. The number of rotatable bonds is 6. The Morgan fingerprint density at radius 3 is 2.10 bits per heavy atom. The van der Waals surface area contributed by atoms with E-state index in [2.05, 4.69) is 42.5 Å². The smallest absolute Gasteiger partial charge is 0.242 e. The SMILES string of the molecule is S=c1cn[nH]n1-c1cccc(NC2CC2Nc2cccc(-n3[nH]nnc3=S)c2)c1. The van der Waals surface area contributed by atoms with Gasteiger partial charge in [0.25, 0.3) is 0 Å². The molecule has 1 saturated carbocycles. The molecule has 0 radical (unpaired) electrons. The van der Waals surface area contributed by atoms with Crippen molar-refractivity contribution in [1.29, 1.82) is 0 Å². The van der Waals surface area contributed by atoms with Crippen molar-refractivity contribution in [3.63, 3.8) is 0 Å². The summed E-state index contributed by atoms with van der Waals surface area (Å²) < 4.78 is 4.46. The molecule has 4 N–H and O–H groups in total. The maximum atomic E-state index is 5.27. The molecule has 0 aliphatic heterocycles. The fourth-order valence-corrected chi connectivity index (χ4v) is 3.60. The molecule has 29 heavy (non-hydrogen) atoms. The van der Waals surface area contributed by atoms with Crippen LogP contribution in [0.1, 0.15) is 6.42 Å². The van der Waals surface area contributed by atoms with E-state index < -0.39 is 0 Å². The first-order chi connectivity index (χ1) is 14.2. The van der Waals surface area contributed by atoms with Gasteiger partial charge in [-0.1, -0.05) is 34.7 Å². The average molecular weight is 424 g/mol. The standard InChI is InChI=1S/C18H17N9S2/c28-17-10-19-24-26(17)13-5-1-3-11(7-13)20-15-9-16(15)21-12-4-2-6-14(8-12)27-18(29)22-23-25-27/h1-8,10,15-16,20-21,24H,9H2,(H,22,25,29). The second-order valence-corrected chi connectivity index (χ2v) is 7.57. The summed E-state index contributed by atoms with van der Waals surface area (Å²) in [5, 5.41) is 24.3. The Hall–Kier alpha value is -3.31. The van der Waals surface area contributed by atoms with Gasteiger partial charge in [0.15, 0.2) is 0 Å². The lowest BCUT2D eigenvalue weighted by atomic mass is 10.2. The molecule has 2 atom stereocenters. The molecule has 0 saturated heterocycles. The van der Waals surface area contributed by atoms with Crippen molar-refractivity contribution in [1.82, 2.24) is 35.2 Å². The van der Waals surface area contributed by atoms with Crippen molar-refractivity contribution in [3.8, 4) is 11.4 Å². The number of anilines is 2. The van der Waals surface area contributed by atoms with E-state index in [0.29, 0.717) is 21.5 Å². The first-order valence-corrected chi connectivity index (χ1v) is 9.85. The van der Waals surface area contributed by atoms with Crippen molar-refractivity contribution >= 4 is 35.8 Å². The van der Waals surface area contributed by atoms with Gasteiger partial charge in [-0.15, -0.1) is 0 Å². The average Bonchev–Trinajstić information content (AvgIpc) is 3.09. The fourth-order valence-electron chi connectivity index (χ4n) is 3.21. The summed E-state index contributed by atoms with van der Waals surface area (Å²) in [6.07, 6.45) is 2.65. The van der Waals surface area contributed by atoms with Gasteiger partial charge in [0.05, 0.1) is 17.6 Å². The fraction of sp³-hybridized carbons (Fsp3) is 0.167. The summed E-state index contributed by atoms with van der Waals surface area (Å²) in [5.41, 5.74) is 3.89. The molecule has 1 aliphatic carbocycles. The van der Waals surface area contributed by atoms with E-state index in [4.69, 9.17) is 24.4 Å². The predicted octanol–water partition coefficient (Wildman–Crippen LogP) is 3.23. The number of H-pyrrole nitrogens is 2. The zero-order valence-electron chi connectivity index (χ0n) is 15.1. The molecule has 0 spiro atoms. The maximum absolute atomic E-state index is 5.27. The summed E-state index contributed by atoms with van der Waals surface area (Å²) in [7, 11) is 0. The maximum Gasteiger partial charge on any atom is 0.242 e. The van der Waals surface area contributed by atoms with Crippen molar-refractivity contribution in [2.24, 2.45) is 0 Å². The summed E-state index contributed by atoms with van der Waals surface area (Å²) in [4.78, 5) is 0. The van der Waals surface area contributed by atoms with Gasteiger partial charge in [-0.05, 0) is 55.0 Å². The van der Waals surface area contributed by atoms with Gasteiger partial charge in [-0.25, -0.2) is 14.6 Å². The third kappa shape index (κ3) is 3.69. The Morgan fingerprint density at radius 1 is 0.897 bits per heavy atom. The van der Waals surface area contributed by atoms with Crippen molar-refractivity contribution in [2.45, 2.75) is 18.5 Å². The number of hydrogen-bond donors (Lipinski definition) is 4. The summed E-state index contributed by atoms with van der Waals surface area (Å²) in [6, 6.07) is 16.8. The van der Waals surface area contributed by atoms with E-state index in [1.807, 2.05) is 42.5 Å². The van der Waals surface area contributed by atoms with Gasteiger partial charge in [0, 0.05) is 23.5 Å². The first-order valence-electron chi connectivity index (χ1n) is 9.04. The van der Waals surface area contributed by atoms with Crippen LogP contribution >= 0.6 is 24.4 Å². The first kappa shape index (κ1) is 17.8. The largest absolute Gasteiger partial charge is 0.380 e. The van der Waals surface area contributed by atoms with Crippen LogP contribution in [0, 0.1) is 9.41 Å². The number of aromatic nitrogens is 7. The summed E-state index contributed by atoms with van der Waals surface area (Å²) in [6.45, 7) is 0. The number of nitrogens with zero attached hydrogens (tertiary/aromatic N) is 5. The molecule has 2 heterocycles. The Bertz CT molecular complexity index is 1170. The van der Waals surface area contributed by atoms with E-state index in [1.54, 1.807) is 15.6 Å². The highest BCUT2D eigenvalue weighted by molar-refractivity contribution is 7.71. The Kier molecular flexibility index (Phi) is 4.45. The number of benzene rings is 2. The zero-order valence-corrected chi connectivity index (χ0v) is 16.7. The third-order valence-corrected chi connectivity index (χ3v) is 5.28. The lowest BCUT2D eigenvalue weighted by molar-refractivity contribution is 0.786. The van der Waals surface area contributed by atoms with Gasteiger partial charge in [-0.3, -0.25) is 0 Å². The van der Waals surface area contributed by atoms with Crippen LogP contribution in [0.25, 0.3) is 11.4 Å². The van der Waals surface area contributed by atoms with Gasteiger partial charge in [-0.2, -0.15) is 10.3 Å². The second kappa shape index (κ2) is 7.26. The minimum atomic E-state index is 0.344. The van der Waals surface area contributed by atoms with E-state index in [1.165, 1.54) is 0 Å². The normalized spacial score (nSPS) is 17.8. The third-order valence-electron chi connectivity index (χ3n) is 4.73. The molecule has 2 unspecified atom stereocenters. The van der Waals surface area contributed by atoms with Crippen LogP contribution in [0.4, 0.5) is 11.4 Å². The van der Waals surface area contributed by atoms with E-state index >= 15 is 0 Å². The van der Waals surface area contributed by atoms with Crippen LogP contribution in [0.15, 0.2) is 54.7 Å². The molecular weight excluding hydrogens is 406 g/mol. The number of aromatic amines is 2. The van der Waals surface area contributed by atoms with Crippen molar-refractivity contribution in [2.75, 3.05) is 10.6 Å². The van der Waals surface area contributed by atoms with Crippen LogP contribution < -0.4 is 10.6 Å². The highest BCUT2D eigenvalue weighted by Crippen LogP contribution is 2.30. The van der Waals surface area contributed by atoms with Crippen LogP contribution in [0.3, 0.4) is 0 Å².